The highest BCUT2D eigenvalue weighted by Crippen LogP contribution is 2.29. The van der Waals surface area contributed by atoms with Crippen molar-refractivity contribution in [1.82, 2.24) is 15.2 Å². The molecular weight excluding hydrogens is 338 g/mol. The second-order valence-electron chi connectivity index (χ2n) is 6.08. The summed E-state index contributed by atoms with van der Waals surface area (Å²) in [5.41, 5.74) is 10.2. The zero-order chi connectivity index (χ0) is 18.8. The van der Waals surface area contributed by atoms with Crippen molar-refractivity contribution in [3.63, 3.8) is 0 Å². The highest BCUT2D eigenvalue weighted by Gasteiger charge is 2.10. The van der Waals surface area contributed by atoms with E-state index < -0.39 is 0 Å². The zero-order valence-electron chi connectivity index (χ0n) is 14.3. The quantitative estimate of drug-likeness (QED) is 0.588. The van der Waals surface area contributed by atoms with Gasteiger partial charge in [0.05, 0.1) is 22.7 Å². The van der Waals surface area contributed by atoms with Crippen LogP contribution >= 0.6 is 0 Å². The number of pyridine rings is 1. The average Bonchev–Trinajstić information content (AvgIpc) is 2.74. The SMILES string of the molecule is N#Cc1ccccc1-c1cncc(-c2ccc3c(=O)[nH]nc(CN)c3c2)c1. The molecule has 2 aromatic heterocycles. The summed E-state index contributed by atoms with van der Waals surface area (Å²) in [6.07, 6.45) is 3.49. The lowest BCUT2D eigenvalue weighted by Crippen LogP contribution is -2.13. The van der Waals surface area contributed by atoms with E-state index >= 15 is 0 Å². The van der Waals surface area contributed by atoms with E-state index in [-0.39, 0.29) is 12.1 Å². The van der Waals surface area contributed by atoms with Crippen molar-refractivity contribution in [1.29, 1.82) is 5.26 Å². The first-order chi connectivity index (χ1) is 13.2. The van der Waals surface area contributed by atoms with Gasteiger partial charge in [-0.25, -0.2) is 5.10 Å². The molecule has 0 saturated carbocycles. The summed E-state index contributed by atoms with van der Waals surface area (Å²) in [4.78, 5) is 16.3. The van der Waals surface area contributed by atoms with Crippen molar-refractivity contribution in [3.8, 4) is 28.3 Å². The topological polar surface area (TPSA) is 108 Å². The van der Waals surface area contributed by atoms with E-state index in [2.05, 4.69) is 21.3 Å². The van der Waals surface area contributed by atoms with Gasteiger partial charge >= 0.3 is 0 Å². The van der Waals surface area contributed by atoms with Gasteiger partial charge < -0.3 is 5.73 Å². The molecule has 2 aromatic carbocycles. The first kappa shape index (κ1) is 16.6. The first-order valence-corrected chi connectivity index (χ1v) is 8.37. The highest BCUT2D eigenvalue weighted by atomic mass is 16.1. The van der Waals surface area contributed by atoms with Crippen molar-refractivity contribution in [2.75, 3.05) is 0 Å². The Labute approximate surface area is 154 Å². The Balaban J connectivity index is 1.88. The fraction of sp³-hybridized carbons (Fsp3) is 0.0476. The van der Waals surface area contributed by atoms with Crippen LogP contribution in [0.5, 0.6) is 0 Å². The Morgan fingerprint density at radius 3 is 2.63 bits per heavy atom. The number of hydrogen-bond donors (Lipinski definition) is 2. The van der Waals surface area contributed by atoms with Gasteiger partial charge in [0.1, 0.15) is 0 Å². The Morgan fingerprint density at radius 1 is 1.00 bits per heavy atom. The van der Waals surface area contributed by atoms with E-state index in [1.54, 1.807) is 24.5 Å². The van der Waals surface area contributed by atoms with E-state index in [1.807, 2.05) is 36.4 Å². The minimum Gasteiger partial charge on any atom is -0.325 e. The lowest BCUT2D eigenvalue weighted by atomic mass is 9.97. The van der Waals surface area contributed by atoms with Crippen molar-refractivity contribution < 1.29 is 0 Å². The molecule has 2 heterocycles. The predicted molar refractivity (Wildman–Crippen MR) is 104 cm³/mol. The molecule has 0 radical (unpaired) electrons. The third-order valence-corrected chi connectivity index (χ3v) is 4.49. The lowest BCUT2D eigenvalue weighted by molar-refractivity contribution is 0.900. The van der Waals surface area contributed by atoms with Crippen LogP contribution in [-0.2, 0) is 6.54 Å². The molecule has 0 bridgehead atoms. The number of H-pyrrole nitrogens is 1. The number of nitrogens with zero attached hydrogens (tertiary/aromatic N) is 3. The number of hydrogen-bond acceptors (Lipinski definition) is 5. The van der Waals surface area contributed by atoms with E-state index in [4.69, 9.17) is 5.73 Å². The molecule has 0 aliphatic rings. The van der Waals surface area contributed by atoms with Crippen LogP contribution in [0.15, 0.2) is 65.7 Å². The molecule has 0 fully saturated rings. The van der Waals surface area contributed by atoms with Gasteiger partial charge in [0, 0.05) is 41.0 Å². The molecule has 27 heavy (non-hydrogen) atoms. The number of nitrogens with one attached hydrogen (secondary N) is 1. The standard InChI is InChI=1S/C21H15N5O/c22-9-14-3-1-2-4-17(14)16-7-15(11-24-12-16)13-5-6-18-19(8-13)20(10-23)25-26-21(18)27/h1-8,11-12H,10,23H2,(H,26,27). The molecule has 0 amide bonds. The normalized spacial score (nSPS) is 10.7. The van der Waals surface area contributed by atoms with Gasteiger partial charge in [-0.1, -0.05) is 24.3 Å². The van der Waals surface area contributed by atoms with E-state index in [9.17, 15) is 10.1 Å². The molecular formula is C21H15N5O. The van der Waals surface area contributed by atoms with Crippen LogP contribution in [0.4, 0.5) is 0 Å². The smallest absolute Gasteiger partial charge is 0.272 e. The molecule has 0 aliphatic heterocycles. The van der Waals surface area contributed by atoms with Crippen molar-refractivity contribution >= 4 is 10.8 Å². The number of nitrogens with two attached hydrogens (primary N) is 1. The van der Waals surface area contributed by atoms with Crippen LogP contribution < -0.4 is 11.3 Å². The predicted octanol–water partition coefficient (Wildman–Crippen LogP) is 2.98. The van der Waals surface area contributed by atoms with Crippen LogP contribution in [0.2, 0.25) is 0 Å². The van der Waals surface area contributed by atoms with Crippen molar-refractivity contribution in [2.45, 2.75) is 6.54 Å². The number of nitriles is 1. The Hall–Kier alpha value is -3.82. The van der Waals surface area contributed by atoms with Gasteiger partial charge in [0.15, 0.2) is 0 Å². The Kier molecular flexibility index (Phi) is 4.21. The maximum Gasteiger partial charge on any atom is 0.272 e. The number of aromatic nitrogens is 3. The summed E-state index contributed by atoms with van der Waals surface area (Å²) < 4.78 is 0. The lowest BCUT2D eigenvalue weighted by Gasteiger charge is -2.09. The van der Waals surface area contributed by atoms with Gasteiger partial charge in [-0.3, -0.25) is 9.78 Å². The number of aromatic amines is 1. The number of rotatable bonds is 3. The summed E-state index contributed by atoms with van der Waals surface area (Å²) in [6.45, 7) is 0.227. The zero-order valence-corrected chi connectivity index (χ0v) is 14.3. The molecule has 3 N–H and O–H groups in total. The second-order valence-corrected chi connectivity index (χ2v) is 6.08. The molecule has 0 saturated heterocycles. The molecule has 6 nitrogen and oxygen atoms in total. The van der Waals surface area contributed by atoms with Crippen molar-refractivity contribution in [2.24, 2.45) is 5.73 Å². The minimum absolute atomic E-state index is 0.227. The average molecular weight is 353 g/mol. The van der Waals surface area contributed by atoms with Crippen LogP contribution in [0.25, 0.3) is 33.0 Å². The molecule has 0 aliphatic carbocycles. The van der Waals surface area contributed by atoms with Crippen LogP contribution in [0.1, 0.15) is 11.3 Å². The third kappa shape index (κ3) is 2.97. The van der Waals surface area contributed by atoms with Gasteiger partial charge in [0.25, 0.3) is 5.56 Å². The van der Waals surface area contributed by atoms with Gasteiger partial charge in [-0.05, 0) is 29.8 Å². The molecule has 0 spiro atoms. The maximum atomic E-state index is 12.0. The maximum absolute atomic E-state index is 12.0. The van der Waals surface area contributed by atoms with Crippen LogP contribution in [-0.4, -0.2) is 15.2 Å². The second kappa shape index (κ2) is 6.83. The Bertz CT molecular complexity index is 1250. The van der Waals surface area contributed by atoms with Crippen LogP contribution in [0.3, 0.4) is 0 Å². The summed E-state index contributed by atoms with van der Waals surface area (Å²) in [7, 11) is 0. The van der Waals surface area contributed by atoms with E-state index in [1.165, 1.54) is 0 Å². The summed E-state index contributed by atoms with van der Waals surface area (Å²) in [5.74, 6) is 0. The molecule has 0 unspecified atom stereocenters. The molecule has 4 aromatic rings. The fourth-order valence-electron chi connectivity index (χ4n) is 3.13. The van der Waals surface area contributed by atoms with Gasteiger partial charge in [0.2, 0.25) is 0 Å². The largest absolute Gasteiger partial charge is 0.325 e. The summed E-state index contributed by atoms with van der Waals surface area (Å²) in [6, 6.07) is 17.1. The van der Waals surface area contributed by atoms with Crippen molar-refractivity contribution in [3.05, 3.63) is 82.5 Å². The minimum atomic E-state index is -0.247. The molecule has 0 atom stereocenters. The fourth-order valence-corrected chi connectivity index (χ4v) is 3.13. The van der Waals surface area contributed by atoms with Gasteiger partial charge in [-0.2, -0.15) is 10.4 Å². The number of fused-ring (bicyclic) bond motifs is 1. The van der Waals surface area contributed by atoms with Gasteiger partial charge in [-0.15, -0.1) is 0 Å². The van der Waals surface area contributed by atoms with E-state index in [0.29, 0.717) is 16.6 Å². The third-order valence-electron chi connectivity index (χ3n) is 4.49. The number of benzene rings is 2. The first-order valence-electron chi connectivity index (χ1n) is 8.37. The Morgan fingerprint density at radius 2 is 1.81 bits per heavy atom. The highest BCUT2D eigenvalue weighted by molar-refractivity contribution is 5.88. The molecule has 130 valence electrons. The molecule has 4 rings (SSSR count). The van der Waals surface area contributed by atoms with E-state index in [0.717, 1.165) is 27.6 Å². The summed E-state index contributed by atoms with van der Waals surface area (Å²) in [5, 5.41) is 17.1. The molecule has 6 heteroatoms. The summed E-state index contributed by atoms with van der Waals surface area (Å²) >= 11 is 0. The van der Waals surface area contributed by atoms with Crippen LogP contribution in [0, 0.1) is 11.3 Å². The monoisotopic (exact) mass is 353 g/mol.